The lowest BCUT2D eigenvalue weighted by Crippen LogP contribution is -2.51. The van der Waals surface area contributed by atoms with E-state index in [1.165, 1.54) is 24.3 Å². The summed E-state index contributed by atoms with van der Waals surface area (Å²) >= 11 is 0. The lowest BCUT2D eigenvalue weighted by molar-refractivity contribution is -0.00448. The van der Waals surface area contributed by atoms with Crippen LogP contribution in [0, 0.1) is 0 Å². The van der Waals surface area contributed by atoms with Gasteiger partial charge in [0, 0.05) is 24.2 Å². The second-order valence-corrected chi connectivity index (χ2v) is 7.40. The monoisotopic (exact) mass is 377 g/mol. The van der Waals surface area contributed by atoms with Gasteiger partial charge in [0.2, 0.25) is 15.9 Å². The fourth-order valence-corrected chi connectivity index (χ4v) is 3.13. The van der Waals surface area contributed by atoms with Gasteiger partial charge in [0.05, 0.1) is 24.2 Å². The van der Waals surface area contributed by atoms with Crippen LogP contribution < -0.4 is 15.2 Å². The molecule has 1 aliphatic heterocycles. The van der Waals surface area contributed by atoms with Crippen LogP contribution in [-0.4, -0.2) is 44.7 Å². The van der Waals surface area contributed by atoms with E-state index in [1.807, 2.05) is 6.07 Å². The predicted octanol–water partition coefficient (Wildman–Crippen LogP) is 0.695. The van der Waals surface area contributed by atoms with Crippen molar-refractivity contribution in [3.8, 4) is 5.88 Å². The van der Waals surface area contributed by atoms with Crippen molar-refractivity contribution < 1.29 is 22.7 Å². The summed E-state index contributed by atoms with van der Waals surface area (Å²) in [5, 5.41) is 7.92. The second-order valence-electron chi connectivity index (χ2n) is 5.84. The Balaban J connectivity index is 1.68. The van der Waals surface area contributed by atoms with Crippen LogP contribution in [0.25, 0.3) is 0 Å². The molecule has 2 atom stereocenters. The number of rotatable bonds is 5. The van der Waals surface area contributed by atoms with Gasteiger partial charge < -0.3 is 14.8 Å². The molecule has 0 bridgehead atoms. The molecule has 0 saturated carbocycles. The van der Waals surface area contributed by atoms with Crippen molar-refractivity contribution in [2.75, 3.05) is 13.2 Å². The normalized spacial score (nSPS) is 20.3. The van der Waals surface area contributed by atoms with Crippen molar-refractivity contribution in [2.45, 2.75) is 23.5 Å². The fraction of sp³-hybridized carbons (Fsp3) is 0.294. The van der Waals surface area contributed by atoms with Gasteiger partial charge in [-0.1, -0.05) is 6.07 Å². The maximum absolute atomic E-state index is 12.5. The molecule has 9 heteroatoms. The number of carbonyl (C=O) groups is 1. The molecule has 0 radical (unpaired) electrons. The Morgan fingerprint density at radius 2 is 2.00 bits per heavy atom. The summed E-state index contributed by atoms with van der Waals surface area (Å²) in [6, 6.07) is 10.4. The van der Waals surface area contributed by atoms with Gasteiger partial charge in [-0.05, 0) is 30.3 Å². The van der Waals surface area contributed by atoms with Crippen molar-refractivity contribution in [2.24, 2.45) is 5.14 Å². The zero-order valence-corrected chi connectivity index (χ0v) is 14.7. The molecule has 0 unspecified atom stereocenters. The van der Waals surface area contributed by atoms with Crippen LogP contribution in [0.3, 0.4) is 0 Å². The molecule has 2 aromatic rings. The van der Waals surface area contributed by atoms with Gasteiger partial charge in [-0.2, -0.15) is 0 Å². The molecule has 8 nitrogen and oxygen atoms in total. The molecule has 1 saturated heterocycles. The van der Waals surface area contributed by atoms with E-state index in [0.717, 1.165) is 0 Å². The minimum Gasteiger partial charge on any atom is -0.472 e. The van der Waals surface area contributed by atoms with Crippen molar-refractivity contribution in [1.29, 1.82) is 0 Å². The molecule has 1 aromatic carbocycles. The first-order valence-corrected chi connectivity index (χ1v) is 9.57. The number of carbonyl (C=O) groups excluding carboxylic acids is 1. The zero-order valence-electron chi connectivity index (χ0n) is 13.9. The Morgan fingerprint density at radius 1 is 1.23 bits per heavy atom. The molecule has 2 heterocycles. The van der Waals surface area contributed by atoms with Crippen molar-refractivity contribution >= 4 is 15.9 Å². The summed E-state index contributed by atoms with van der Waals surface area (Å²) < 4.78 is 33.9. The standard InChI is InChI=1S/C17H19N3O5S/c18-26(22,23)13-6-4-12(5-7-13)17(21)20-14-11-24-10-8-15(14)25-16-3-1-2-9-19-16/h1-7,9,14-15H,8,10-11H2,(H,20,21)(H2,18,22,23)/t14-,15-/m1/s1. The number of nitrogens with two attached hydrogens (primary N) is 1. The number of hydrogen-bond acceptors (Lipinski definition) is 6. The number of pyridine rings is 1. The van der Waals surface area contributed by atoms with Gasteiger partial charge in [0.25, 0.3) is 5.91 Å². The number of hydrogen-bond donors (Lipinski definition) is 2. The summed E-state index contributed by atoms with van der Waals surface area (Å²) in [5.41, 5.74) is 0.319. The topological polar surface area (TPSA) is 121 Å². The van der Waals surface area contributed by atoms with Crippen LogP contribution in [0.2, 0.25) is 0 Å². The first-order chi connectivity index (χ1) is 12.4. The molecule has 1 aromatic heterocycles. The minimum atomic E-state index is -3.79. The first kappa shape index (κ1) is 18.3. The van der Waals surface area contributed by atoms with Gasteiger partial charge in [0.1, 0.15) is 6.10 Å². The third kappa shape index (κ3) is 4.57. The lowest BCUT2D eigenvalue weighted by atomic mass is 10.1. The average molecular weight is 377 g/mol. The quantitative estimate of drug-likeness (QED) is 0.791. The van der Waals surface area contributed by atoms with Crippen molar-refractivity contribution in [3.63, 3.8) is 0 Å². The maximum atomic E-state index is 12.5. The van der Waals surface area contributed by atoms with Crippen LogP contribution in [0.5, 0.6) is 5.88 Å². The second kappa shape index (κ2) is 7.81. The van der Waals surface area contributed by atoms with Gasteiger partial charge in [-0.25, -0.2) is 18.5 Å². The molecule has 0 aliphatic carbocycles. The molecule has 3 N–H and O–H groups in total. The Bertz CT molecular complexity index is 856. The average Bonchev–Trinajstić information content (AvgIpc) is 2.63. The van der Waals surface area contributed by atoms with Gasteiger partial charge >= 0.3 is 0 Å². The highest BCUT2D eigenvalue weighted by atomic mass is 32.2. The number of nitrogens with one attached hydrogen (secondary N) is 1. The SMILES string of the molecule is NS(=O)(=O)c1ccc(C(=O)N[C@@H]2COCC[C@H]2Oc2ccccn2)cc1. The van der Waals surface area contributed by atoms with Crippen LogP contribution >= 0.6 is 0 Å². The summed E-state index contributed by atoms with van der Waals surface area (Å²) in [6.07, 6.45) is 1.98. The lowest BCUT2D eigenvalue weighted by Gasteiger charge is -2.32. The molecule has 1 aliphatic rings. The van der Waals surface area contributed by atoms with E-state index in [0.29, 0.717) is 31.1 Å². The highest BCUT2D eigenvalue weighted by molar-refractivity contribution is 7.89. The third-order valence-electron chi connectivity index (χ3n) is 3.96. The Hall–Kier alpha value is -2.49. The molecule has 26 heavy (non-hydrogen) atoms. The van der Waals surface area contributed by atoms with Crippen LogP contribution in [-0.2, 0) is 14.8 Å². The Kier molecular flexibility index (Phi) is 5.50. The van der Waals surface area contributed by atoms with Crippen LogP contribution in [0.15, 0.2) is 53.6 Å². The van der Waals surface area contributed by atoms with E-state index < -0.39 is 10.0 Å². The van der Waals surface area contributed by atoms with Gasteiger partial charge in [-0.15, -0.1) is 0 Å². The molecular weight excluding hydrogens is 358 g/mol. The molecule has 1 amide bonds. The van der Waals surface area contributed by atoms with Crippen LogP contribution in [0.4, 0.5) is 0 Å². The van der Waals surface area contributed by atoms with Crippen molar-refractivity contribution in [3.05, 3.63) is 54.2 Å². The maximum Gasteiger partial charge on any atom is 0.251 e. The van der Waals surface area contributed by atoms with Gasteiger partial charge in [0.15, 0.2) is 0 Å². The highest BCUT2D eigenvalue weighted by Crippen LogP contribution is 2.17. The van der Waals surface area contributed by atoms with E-state index in [9.17, 15) is 13.2 Å². The number of ether oxygens (including phenoxy) is 2. The Morgan fingerprint density at radius 3 is 2.65 bits per heavy atom. The highest BCUT2D eigenvalue weighted by Gasteiger charge is 2.29. The smallest absolute Gasteiger partial charge is 0.251 e. The number of primary sulfonamides is 1. The summed E-state index contributed by atoms with van der Waals surface area (Å²) in [7, 11) is -3.79. The van der Waals surface area contributed by atoms with Crippen LogP contribution in [0.1, 0.15) is 16.8 Å². The van der Waals surface area contributed by atoms with E-state index in [4.69, 9.17) is 14.6 Å². The number of sulfonamides is 1. The molecule has 138 valence electrons. The van der Waals surface area contributed by atoms with Gasteiger partial charge in [-0.3, -0.25) is 4.79 Å². The summed E-state index contributed by atoms with van der Waals surface area (Å²) in [4.78, 5) is 16.5. The third-order valence-corrected chi connectivity index (χ3v) is 4.89. The molecule has 3 rings (SSSR count). The molecule has 0 spiro atoms. The largest absolute Gasteiger partial charge is 0.472 e. The Labute approximate surface area is 151 Å². The van der Waals surface area contributed by atoms with E-state index >= 15 is 0 Å². The number of benzene rings is 1. The summed E-state index contributed by atoms with van der Waals surface area (Å²) in [5.74, 6) is 0.132. The zero-order chi connectivity index (χ0) is 18.6. The predicted molar refractivity (Wildman–Crippen MR) is 93.2 cm³/mol. The molecule has 1 fully saturated rings. The van der Waals surface area contributed by atoms with E-state index in [1.54, 1.807) is 18.3 Å². The first-order valence-electron chi connectivity index (χ1n) is 8.02. The summed E-state index contributed by atoms with van der Waals surface area (Å²) in [6.45, 7) is 0.853. The van der Waals surface area contributed by atoms with Crippen molar-refractivity contribution in [1.82, 2.24) is 10.3 Å². The van der Waals surface area contributed by atoms with E-state index in [2.05, 4.69) is 10.3 Å². The fourth-order valence-electron chi connectivity index (χ4n) is 2.61. The van der Waals surface area contributed by atoms with E-state index in [-0.39, 0.29) is 22.9 Å². The number of nitrogens with zero attached hydrogens (tertiary/aromatic N) is 1. The molecular formula is C17H19N3O5S. The minimum absolute atomic E-state index is 0.0496. The number of aromatic nitrogens is 1. The number of amides is 1.